The predicted octanol–water partition coefficient (Wildman–Crippen LogP) is 2.46. The molecule has 3 aromatic heterocycles. The molecule has 4 fully saturated rings. The van der Waals surface area contributed by atoms with E-state index in [4.69, 9.17) is 8.94 Å². The number of hydrogen-bond acceptors (Lipinski definition) is 8. The lowest BCUT2D eigenvalue weighted by atomic mass is 9.50. The minimum atomic E-state index is -0.00743. The van der Waals surface area contributed by atoms with Crippen LogP contribution in [0.3, 0.4) is 0 Å². The summed E-state index contributed by atoms with van der Waals surface area (Å²) in [5, 5.41) is 20.9. The van der Waals surface area contributed by atoms with E-state index in [2.05, 4.69) is 30.9 Å². The number of aryl methyl sites for hydroxylation is 1. The summed E-state index contributed by atoms with van der Waals surface area (Å²) in [6, 6.07) is 3.65. The molecular formula is C19H23N7O2. The minimum Gasteiger partial charge on any atom is -0.461 e. The van der Waals surface area contributed by atoms with Crippen LogP contribution in [-0.4, -0.2) is 35.9 Å². The Morgan fingerprint density at radius 1 is 1.25 bits per heavy atom. The van der Waals surface area contributed by atoms with Gasteiger partial charge in [-0.25, -0.2) is 0 Å². The molecule has 28 heavy (non-hydrogen) atoms. The molecule has 4 bridgehead atoms. The zero-order chi connectivity index (χ0) is 18.8. The number of nitrogens with zero attached hydrogens (tertiary/aromatic N) is 6. The maximum absolute atomic E-state index is 5.44. The average Bonchev–Trinajstić information content (AvgIpc) is 3.40. The fraction of sp³-hybridized carbons (Fsp3) is 0.632. The molecule has 0 spiro atoms. The van der Waals surface area contributed by atoms with Crippen molar-refractivity contribution in [1.29, 1.82) is 0 Å². The molecule has 3 aromatic rings. The monoisotopic (exact) mass is 381 g/mol. The van der Waals surface area contributed by atoms with Gasteiger partial charge in [-0.15, -0.1) is 10.2 Å². The third-order valence-corrected chi connectivity index (χ3v) is 6.79. The number of tetrazole rings is 1. The van der Waals surface area contributed by atoms with Gasteiger partial charge in [-0.3, -0.25) is 0 Å². The first-order valence-corrected chi connectivity index (χ1v) is 10.0. The van der Waals surface area contributed by atoms with Gasteiger partial charge in [-0.1, -0.05) is 5.16 Å². The maximum atomic E-state index is 5.44. The molecule has 0 saturated heterocycles. The van der Waals surface area contributed by atoms with Gasteiger partial charge in [-0.2, -0.15) is 9.78 Å². The molecule has 1 N–H and O–H groups in total. The Kier molecular flexibility index (Phi) is 3.36. The summed E-state index contributed by atoms with van der Waals surface area (Å²) in [5.41, 5.74) is 0.0669. The van der Waals surface area contributed by atoms with Crippen LogP contribution in [0.15, 0.2) is 27.3 Å². The predicted molar refractivity (Wildman–Crippen MR) is 96.8 cm³/mol. The second kappa shape index (κ2) is 5.73. The van der Waals surface area contributed by atoms with Crippen LogP contribution in [0.4, 0.5) is 0 Å². The Hall–Kier alpha value is -2.55. The normalized spacial score (nSPS) is 33.6. The van der Waals surface area contributed by atoms with Gasteiger partial charge in [0.25, 0.3) is 0 Å². The van der Waals surface area contributed by atoms with Crippen molar-refractivity contribution < 1.29 is 8.94 Å². The van der Waals surface area contributed by atoms with E-state index in [1.807, 2.05) is 23.9 Å². The molecule has 2 atom stereocenters. The average molecular weight is 381 g/mol. The Morgan fingerprint density at radius 3 is 2.82 bits per heavy atom. The van der Waals surface area contributed by atoms with E-state index in [1.54, 1.807) is 6.26 Å². The van der Waals surface area contributed by atoms with Crippen molar-refractivity contribution in [3.8, 4) is 11.6 Å². The van der Waals surface area contributed by atoms with Crippen LogP contribution >= 0.6 is 0 Å². The molecule has 4 saturated carbocycles. The zero-order valence-corrected chi connectivity index (χ0v) is 15.8. The molecule has 7 rings (SSSR count). The van der Waals surface area contributed by atoms with E-state index in [0.29, 0.717) is 35.9 Å². The highest BCUT2D eigenvalue weighted by molar-refractivity contribution is 5.44. The lowest BCUT2D eigenvalue weighted by Gasteiger charge is -2.61. The second-order valence-corrected chi connectivity index (χ2v) is 8.93. The molecule has 0 aromatic carbocycles. The van der Waals surface area contributed by atoms with Gasteiger partial charge in [0, 0.05) is 5.54 Å². The zero-order valence-electron chi connectivity index (χ0n) is 15.8. The van der Waals surface area contributed by atoms with Gasteiger partial charge in [0.05, 0.1) is 18.3 Å². The first kappa shape index (κ1) is 16.4. The summed E-state index contributed by atoms with van der Waals surface area (Å²) in [4.78, 5) is 6.39. The summed E-state index contributed by atoms with van der Waals surface area (Å²) >= 11 is 0. The van der Waals surface area contributed by atoms with E-state index in [9.17, 15) is 0 Å². The fourth-order valence-corrected chi connectivity index (χ4v) is 6.24. The van der Waals surface area contributed by atoms with Crippen LogP contribution < -0.4 is 5.32 Å². The van der Waals surface area contributed by atoms with E-state index < -0.39 is 0 Å². The number of hydrogen-bond donors (Lipinski definition) is 1. The third kappa shape index (κ3) is 2.52. The largest absolute Gasteiger partial charge is 0.461 e. The molecule has 4 aliphatic rings. The minimum absolute atomic E-state index is 0.00743. The van der Waals surface area contributed by atoms with Gasteiger partial charge in [-0.05, 0) is 74.6 Å². The lowest BCUT2D eigenvalue weighted by Crippen LogP contribution is -2.65. The number of furan rings is 1. The topological polar surface area (TPSA) is 108 Å². The summed E-state index contributed by atoms with van der Waals surface area (Å²) in [6.07, 6.45) is 8.66. The van der Waals surface area contributed by atoms with Gasteiger partial charge in [0.15, 0.2) is 11.6 Å². The smallest absolute Gasteiger partial charge is 0.241 e. The third-order valence-electron chi connectivity index (χ3n) is 6.79. The first-order valence-electron chi connectivity index (χ1n) is 10.0. The molecular weight excluding hydrogens is 358 g/mol. The second-order valence-electron chi connectivity index (χ2n) is 8.93. The van der Waals surface area contributed by atoms with Crippen molar-refractivity contribution in [3.63, 3.8) is 0 Å². The van der Waals surface area contributed by atoms with Crippen LogP contribution in [-0.2, 0) is 12.1 Å². The van der Waals surface area contributed by atoms with Crippen LogP contribution in [0, 0.1) is 18.8 Å². The molecule has 146 valence electrons. The van der Waals surface area contributed by atoms with Crippen LogP contribution in [0.1, 0.15) is 50.2 Å². The van der Waals surface area contributed by atoms with E-state index in [1.165, 1.54) is 19.3 Å². The van der Waals surface area contributed by atoms with Gasteiger partial charge in [0.1, 0.15) is 0 Å². The maximum Gasteiger partial charge on any atom is 0.241 e. The Balaban J connectivity index is 1.24. The highest BCUT2D eigenvalue weighted by Gasteiger charge is 2.59. The molecule has 0 amide bonds. The van der Waals surface area contributed by atoms with Gasteiger partial charge >= 0.3 is 0 Å². The van der Waals surface area contributed by atoms with Crippen molar-refractivity contribution in [2.45, 2.75) is 63.1 Å². The van der Waals surface area contributed by atoms with Crippen molar-refractivity contribution in [1.82, 2.24) is 35.7 Å². The Bertz CT molecular complexity index is 978. The van der Waals surface area contributed by atoms with Gasteiger partial charge < -0.3 is 14.3 Å². The number of aromatic nitrogens is 6. The highest BCUT2D eigenvalue weighted by Crippen LogP contribution is 2.60. The van der Waals surface area contributed by atoms with Gasteiger partial charge in [0.2, 0.25) is 11.7 Å². The molecule has 0 aliphatic heterocycles. The number of rotatable bonds is 5. The first-order chi connectivity index (χ1) is 13.6. The number of nitrogens with one attached hydrogen (secondary N) is 1. The van der Waals surface area contributed by atoms with Crippen molar-refractivity contribution in [2.24, 2.45) is 11.8 Å². The SMILES string of the molecule is Cc1nnn(C23CC4CC(CC(NCc5nc(-c6ccco6)no5)(C4)C2)C3)n1. The molecule has 9 heteroatoms. The fourth-order valence-electron chi connectivity index (χ4n) is 6.24. The van der Waals surface area contributed by atoms with Crippen molar-refractivity contribution >= 4 is 0 Å². The summed E-state index contributed by atoms with van der Waals surface area (Å²) < 4.78 is 10.8. The van der Waals surface area contributed by atoms with Crippen molar-refractivity contribution in [2.75, 3.05) is 0 Å². The van der Waals surface area contributed by atoms with Crippen LogP contribution in [0.5, 0.6) is 0 Å². The van der Waals surface area contributed by atoms with Crippen LogP contribution in [0.2, 0.25) is 0 Å². The van der Waals surface area contributed by atoms with E-state index in [0.717, 1.165) is 25.1 Å². The van der Waals surface area contributed by atoms with Crippen LogP contribution in [0.25, 0.3) is 11.6 Å². The highest BCUT2D eigenvalue weighted by atomic mass is 16.5. The molecule has 0 radical (unpaired) electrons. The lowest BCUT2D eigenvalue weighted by molar-refractivity contribution is -0.0860. The standard InChI is InChI=1S/C19H23N7O2/c1-12-22-25-26(23-12)19-8-13-5-14(9-19)7-18(6-13,11-19)20-10-16-21-17(24-28-16)15-3-2-4-27-15/h2-4,13-14,20H,5-11H2,1H3. The van der Waals surface area contributed by atoms with E-state index >= 15 is 0 Å². The Morgan fingerprint density at radius 2 is 2.11 bits per heavy atom. The van der Waals surface area contributed by atoms with Crippen molar-refractivity contribution in [3.05, 3.63) is 30.1 Å². The molecule has 2 unspecified atom stereocenters. The quantitative estimate of drug-likeness (QED) is 0.718. The summed E-state index contributed by atoms with van der Waals surface area (Å²) in [6.45, 7) is 2.47. The summed E-state index contributed by atoms with van der Waals surface area (Å²) in [5.74, 6) is 3.87. The van der Waals surface area contributed by atoms with E-state index in [-0.39, 0.29) is 11.1 Å². The molecule has 4 aliphatic carbocycles. The summed E-state index contributed by atoms with van der Waals surface area (Å²) in [7, 11) is 0. The molecule has 9 nitrogen and oxygen atoms in total. The molecule has 3 heterocycles. The Labute approximate surface area is 161 Å².